The van der Waals surface area contributed by atoms with Gasteiger partial charge in [0.2, 0.25) is 0 Å². The monoisotopic (exact) mass is 296 g/mol. The number of amides is 2. The van der Waals surface area contributed by atoms with Crippen molar-refractivity contribution in [2.75, 3.05) is 26.7 Å². The van der Waals surface area contributed by atoms with Gasteiger partial charge in [0, 0.05) is 19.1 Å². The van der Waals surface area contributed by atoms with Crippen LogP contribution in [0.15, 0.2) is 0 Å². The molecule has 0 aromatic heterocycles. The first kappa shape index (κ1) is 16.3. The highest BCUT2D eigenvalue weighted by Gasteiger charge is 2.33. The molecule has 1 saturated carbocycles. The van der Waals surface area contributed by atoms with E-state index >= 15 is 0 Å². The molecule has 2 aliphatic rings. The lowest BCUT2D eigenvalue weighted by Crippen LogP contribution is -3.15. The molecule has 2 N–H and O–H groups in total. The van der Waals surface area contributed by atoms with Crippen molar-refractivity contribution < 1.29 is 14.5 Å². The third-order valence-corrected chi connectivity index (χ3v) is 4.67. The van der Waals surface area contributed by atoms with E-state index in [4.69, 9.17) is 0 Å². The molecule has 5 nitrogen and oxygen atoms in total. The second-order valence-electron chi connectivity index (χ2n) is 7.28. The van der Waals surface area contributed by atoms with Crippen LogP contribution < -0.4 is 10.2 Å². The summed E-state index contributed by atoms with van der Waals surface area (Å²) in [4.78, 5) is 27.4. The summed E-state index contributed by atoms with van der Waals surface area (Å²) in [6.07, 6.45) is 3.40. The lowest BCUT2D eigenvalue weighted by Gasteiger charge is -2.36. The lowest BCUT2D eigenvalue weighted by atomic mass is 9.91. The van der Waals surface area contributed by atoms with E-state index in [-0.39, 0.29) is 17.9 Å². The minimum atomic E-state index is -0.160. The smallest absolute Gasteiger partial charge is 0.280 e. The van der Waals surface area contributed by atoms with E-state index < -0.39 is 0 Å². The number of likely N-dealkylation sites (N-methyl/N-ethyl adjacent to an activating group) is 1. The van der Waals surface area contributed by atoms with Crippen LogP contribution in [0.4, 0.5) is 0 Å². The van der Waals surface area contributed by atoms with Crippen molar-refractivity contribution in [2.24, 2.45) is 11.8 Å². The average Bonchev–Trinajstić information content (AvgIpc) is 3.19. The first-order valence-electron chi connectivity index (χ1n) is 8.27. The molecular formula is C16H30N3O2+. The van der Waals surface area contributed by atoms with Crippen LogP contribution in [0.25, 0.3) is 0 Å². The summed E-state index contributed by atoms with van der Waals surface area (Å²) in [6, 6.07) is 0.229. The topological polar surface area (TPSA) is 53.9 Å². The highest BCUT2D eigenvalue weighted by atomic mass is 16.2. The normalized spacial score (nSPS) is 28.9. The van der Waals surface area contributed by atoms with E-state index in [1.165, 1.54) is 6.42 Å². The molecule has 0 radical (unpaired) electrons. The van der Waals surface area contributed by atoms with Gasteiger partial charge in [0.1, 0.15) is 0 Å². The molecule has 0 spiro atoms. The maximum atomic E-state index is 12.6. The molecule has 21 heavy (non-hydrogen) atoms. The summed E-state index contributed by atoms with van der Waals surface area (Å²) < 4.78 is 0. The van der Waals surface area contributed by atoms with Crippen LogP contribution in [-0.2, 0) is 9.59 Å². The molecule has 2 amide bonds. The van der Waals surface area contributed by atoms with E-state index in [2.05, 4.69) is 19.2 Å². The quantitative estimate of drug-likeness (QED) is 0.730. The summed E-state index contributed by atoms with van der Waals surface area (Å²) in [6.45, 7) is 8.44. The van der Waals surface area contributed by atoms with Gasteiger partial charge in [-0.15, -0.1) is 0 Å². The fourth-order valence-corrected chi connectivity index (χ4v) is 3.24. The van der Waals surface area contributed by atoms with E-state index in [0.29, 0.717) is 24.4 Å². The molecule has 0 aromatic rings. The third-order valence-electron chi connectivity index (χ3n) is 4.67. The summed E-state index contributed by atoms with van der Waals surface area (Å²) >= 11 is 0. The number of carbonyl (C=O) groups excluding carboxylic acids is 2. The van der Waals surface area contributed by atoms with Crippen LogP contribution >= 0.6 is 0 Å². The van der Waals surface area contributed by atoms with Crippen molar-refractivity contribution >= 4 is 11.8 Å². The maximum absolute atomic E-state index is 12.6. The van der Waals surface area contributed by atoms with E-state index in [0.717, 1.165) is 30.8 Å². The van der Waals surface area contributed by atoms with Gasteiger partial charge in [-0.2, -0.15) is 0 Å². The first-order chi connectivity index (χ1) is 9.86. The molecule has 2 rings (SSSR count). The molecule has 1 saturated heterocycles. The van der Waals surface area contributed by atoms with Gasteiger partial charge in [-0.1, -0.05) is 13.8 Å². The molecule has 5 heteroatoms. The Kier molecular flexibility index (Phi) is 5.25. The maximum Gasteiger partial charge on any atom is 0.280 e. The predicted octanol–water partition coefficient (Wildman–Crippen LogP) is -0.327. The fraction of sp³-hybridized carbons (Fsp3) is 0.875. The van der Waals surface area contributed by atoms with Crippen LogP contribution in [0.2, 0.25) is 0 Å². The molecule has 0 bridgehead atoms. The van der Waals surface area contributed by atoms with E-state index in [1.807, 2.05) is 18.9 Å². The molecule has 2 fully saturated rings. The predicted molar refractivity (Wildman–Crippen MR) is 81.9 cm³/mol. The van der Waals surface area contributed by atoms with Crippen LogP contribution in [-0.4, -0.2) is 55.5 Å². The number of quaternary nitrogens is 1. The SMILES string of the molecule is C[C@@H]1C[C@H](C)CN(C(=O)[C@@H](C)[NH+](C)CC(=O)NC2CC2)C1. The largest absolute Gasteiger partial charge is 0.348 e. The fourth-order valence-electron chi connectivity index (χ4n) is 3.24. The number of likely N-dealkylation sites (tertiary alicyclic amines) is 1. The molecule has 120 valence electrons. The number of nitrogens with zero attached hydrogens (tertiary/aromatic N) is 1. The van der Waals surface area contributed by atoms with Gasteiger partial charge in [-0.05, 0) is 38.0 Å². The Morgan fingerprint density at radius 2 is 1.81 bits per heavy atom. The molecule has 4 atom stereocenters. The van der Waals surface area contributed by atoms with Crippen LogP contribution in [0.3, 0.4) is 0 Å². The van der Waals surface area contributed by atoms with Crippen LogP contribution in [0, 0.1) is 11.8 Å². The van der Waals surface area contributed by atoms with E-state index in [9.17, 15) is 9.59 Å². The van der Waals surface area contributed by atoms with Gasteiger partial charge < -0.3 is 15.1 Å². The number of rotatable bonds is 5. The highest BCUT2D eigenvalue weighted by molar-refractivity contribution is 5.81. The molecule has 0 aromatic carbocycles. The zero-order valence-electron chi connectivity index (χ0n) is 13.8. The van der Waals surface area contributed by atoms with Gasteiger partial charge in [0.25, 0.3) is 11.8 Å². The zero-order valence-corrected chi connectivity index (χ0v) is 13.8. The minimum Gasteiger partial charge on any atom is -0.348 e. The average molecular weight is 296 g/mol. The Bertz CT molecular complexity index is 385. The summed E-state index contributed by atoms with van der Waals surface area (Å²) in [7, 11) is 1.94. The second kappa shape index (κ2) is 6.77. The Balaban J connectivity index is 1.83. The summed E-state index contributed by atoms with van der Waals surface area (Å²) in [5, 5.41) is 2.99. The minimum absolute atomic E-state index is 0.0648. The molecule has 1 aliphatic carbocycles. The van der Waals surface area contributed by atoms with Gasteiger partial charge in [-0.25, -0.2) is 0 Å². The Labute approximate surface area is 128 Å². The summed E-state index contributed by atoms with van der Waals surface area (Å²) in [5.41, 5.74) is 0. The van der Waals surface area contributed by atoms with E-state index in [1.54, 1.807) is 0 Å². The van der Waals surface area contributed by atoms with Gasteiger partial charge in [-0.3, -0.25) is 9.59 Å². The van der Waals surface area contributed by atoms with Crippen LogP contribution in [0.1, 0.15) is 40.0 Å². The molecule has 1 heterocycles. The van der Waals surface area contributed by atoms with Gasteiger partial charge in [0.15, 0.2) is 12.6 Å². The zero-order chi connectivity index (χ0) is 15.6. The van der Waals surface area contributed by atoms with Gasteiger partial charge in [0.05, 0.1) is 7.05 Å². The third kappa shape index (κ3) is 4.70. The summed E-state index contributed by atoms with van der Waals surface area (Å²) in [5.74, 6) is 1.40. The Morgan fingerprint density at radius 3 is 2.33 bits per heavy atom. The lowest BCUT2D eigenvalue weighted by molar-refractivity contribution is -0.886. The number of nitrogens with one attached hydrogen (secondary N) is 2. The number of hydrogen-bond donors (Lipinski definition) is 2. The second-order valence-corrected chi connectivity index (χ2v) is 7.28. The first-order valence-corrected chi connectivity index (χ1v) is 8.27. The molecule has 1 aliphatic heterocycles. The standard InChI is InChI=1S/C16H29N3O2/c1-11-7-12(2)9-19(8-11)16(21)13(3)18(4)10-15(20)17-14-5-6-14/h11-14H,5-10H2,1-4H3,(H,17,20)/p+1/t11-,12+,13-/m1/s1. The van der Waals surface area contributed by atoms with Crippen molar-refractivity contribution in [1.82, 2.24) is 10.2 Å². The van der Waals surface area contributed by atoms with Crippen molar-refractivity contribution in [2.45, 2.75) is 52.1 Å². The Morgan fingerprint density at radius 1 is 1.24 bits per heavy atom. The Hall–Kier alpha value is -1.10. The van der Waals surface area contributed by atoms with Crippen molar-refractivity contribution in [3.8, 4) is 0 Å². The van der Waals surface area contributed by atoms with Gasteiger partial charge >= 0.3 is 0 Å². The number of carbonyl (C=O) groups is 2. The van der Waals surface area contributed by atoms with Crippen LogP contribution in [0.5, 0.6) is 0 Å². The number of piperidine rings is 1. The highest BCUT2D eigenvalue weighted by Crippen LogP contribution is 2.21. The van der Waals surface area contributed by atoms with Crippen molar-refractivity contribution in [3.05, 3.63) is 0 Å². The van der Waals surface area contributed by atoms with Crippen molar-refractivity contribution in [3.63, 3.8) is 0 Å². The van der Waals surface area contributed by atoms with Crippen molar-refractivity contribution in [1.29, 1.82) is 0 Å². The molecule has 1 unspecified atom stereocenters. The number of hydrogen-bond acceptors (Lipinski definition) is 2. The molecular weight excluding hydrogens is 266 g/mol.